The van der Waals surface area contributed by atoms with Gasteiger partial charge in [-0.1, -0.05) is 36.8 Å². The van der Waals surface area contributed by atoms with Gasteiger partial charge in [-0.3, -0.25) is 9.69 Å². The second-order valence-electron chi connectivity index (χ2n) is 6.55. The Morgan fingerprint density at radius 2 is 2.29 bits per heavy atom. The van der Waals surface area contributed by atoms with Gasteiger partial charge in [-0.2, -0.15) is 0 Å². The highest BCUT2D eigenvalue weighted by molar-refractivity contribution is 5.78. The highest BCUT2D eigenvalue weighted by atomic mass is 16.3. The smallest absolute Gasteiger partial charge is 0.234 e. The minimum Gasteiger partial charge on any atom is -0.396 e. The number of carbonyl (C=O) groups is 1. The van der Waals surface area contributed by atoms with Crippen molar-refractivity contribution in [3.05, 3.63) is 35.4 Å². The molecule has 2 N–H and O–H groups in total. The average Bonchev–Trinajstić information content (AvgIpc) is 2.45. The number of likely N-dealkylation sites (tertiary alicyclic amines) is 1. The van der Waals surface area contributed by atoms with Gasteiger partial charge in [0, 0.05) is 25.1 Å². The largest absolute Gasteiger partial charge is 0.396 e. The maximum Gasteiger partial charge on any atom is 0.234 e. The first-order valence-corrected chi connectivity index (χ1v) is 7.66. The van der Waals surface area contributed by atoms with Crippen LogP contribution in [0.2, 0.25) is 0 Å². The standard InChI is InChI=1S/C17H26N2O2/c1-14-5-3-6-15(9-14)10-18-16(21)11-19-8-4-7-17(2,12-19)13-20/h3,5-6,9,20H,4,7-8,10-13H2,1-2H3,(H,18,21). The average molecular weight is 290 g/mol. The summed E-state index contributed by atoms with van der Waals surface area (Å²) in [5.74, 6) is 0.0543. The van der Waals surface area contributed by atoms with Gasteiger partial charge in [-0.05, 0) is 31.9 Å². The summed E-state index contributed by atoms with van der Waals surface area (Å²) >= 11 is 0. The first-order valence-electron chi connectivity index (χ1n) is 7.66. The molecule has 116 valence electrons. The summed E-state index contributed by atoms with van der Waals surface area (Å²) in [5.41, 5.74) is 2.27. The Balaban J connectivity index is 1.79. The number of nitrogens with zero attached hydrogens (tertiary/aromatic N) is 1. The minimum atomic E-state index is -0.0604. The molecular formula is C17H26N2O2. The molecule has 1 aromatic carbocycles. The number of carbonyl (C=O) groups excluding carboxylic acids is 1. The summed E-state index contributed by atoms with van der Waals surface area (Å²) in [5, 5.41) is 12.4. The Labute approximate surface area is 127 Å². The van der Waals surface area contributed by atoms with Crippen LogP contribution in [-0.4, -0.2) is 42.2 Å². The van der Waals surface area contributed by atoms with Gasteiger partial charge in [0.05, 0.1) is 6.54 Å². The molecule has 0 aliphatic carbocycles. The number of hydrogen-bond acceptors (Lipinski definition) is 3. The SMILES string of the molecule is Cc1cccc(CNC(=O)CN2CCCC(C)(CO)C2)c1. The minimum absolute atomic E-state index is 0.0543. The van der Waals surface area contributed by atoms with E-state index < -0.39 is 0 Å². The van der Waals surface area contributed by atoms with Crippen LogP contribution in [-0.2, 0) is 11.3 Å². The van der Waals surface area contributed by atoms with Crippen molar-refractivity contribution < 1.29 is 9.90 Å². The number of nitrogens with one attached hydrogen (secondary N) is 1. The third-order valence-corrected chi connectivity index (χ3v) is 4.18. The molecule has 1 aliphatic rings. The lowest BCUT2D eigenvalue weighted by Crippen LogP contribution is -2.47. The Morgan fingerprint density at radius 1 is 1.48 bits per heavy atom. The van der Waals surface area contributed by atoms with Crippen LogP contribution < -0.4 is 5.32 Å². The van der Waals surface area contributed by atoms with Gasteiger partial charge in [-0.15, -0.1) is 0 Å². The molecule has 0 bridgehead atoms. The summed E-state index contributed by atoms with van der Waals surface area (Å²) in [4.78, 5) is 14.2. The molecule has 21 heavy (non-hydrogen) atoms. The van der Waals surface area contributed by atoms with Crippen molar-refractivity contribution in [2.45, 2.75) is 33.2 Å². The van der Waals surface area contributed by atoms with Gasteiger partial charge >= 0.3 is 0 Å². The molecule has 1 unspecified atom stereocenters. The summed E-state index contributed by atoms with van der Waals surface area (Å²) in [7, 11) is 0. The molecular weight excluding hydrogens is 264 g/mol. The molecule has 1 saturated heterocycles. The van der Waals surface area contributed by atoms with Crippen LogP contribution in [0, 0.1) is 12.3 Å². The normalized spacial score (nSPS) is 23.0. The third-order valence-electron chi connectivity index (χ3n) is 4.18. The Bertz CT molecular complexity index is 489. The van der Waals surface area contributed by atoms with Crippen LogP contribution in [0.25, 0.3) is 0 Å². The molecule has 1 atom stereocenters. The van der Waals surface area contributed by atoms with Gasteiger partial charge in [0.2, 0.25) is 5.91 Å². The van der Waals surface area contributed by atoms with E-state index >= 15 is 0 Å². The quantitative estimate of drug-likeness (QED) is 0.868. The van der Waals surface area contributed by atoms with E-state index in [1.54, 1.807) is 0 Å². The zero-order chi connectivity index (χ0) is 15.3. The van der Waals surface area contributed by atoms with Crippen molar-refractivity contribution in [3.63, 3.8) is 0 Å². The number of aliphatic hydroxyl groups is 1. The van der Waals surface area contributed by atoms with Crippen LogP contribution >= 0.6 is 0 Å². The Hall–Kier alpha value is -1.39. The highest BCUT2D eigenvalue weighted by Crippen LogP contribution is 2.28. The van der Waals surface area contributed by atoms with E-state index in [-0.39, 0.29) is 17.9 Å². The first kappa shape index (κ1) is 16.0. The van der Waals surface area contributed by atoms with Crippen molar-refractivity contribution in [2.75, 3.05) is 26.2 Å². The molecule has 1 fully saturated rings. The monoisotopic (exact) mass is 290 g/mol. The zero-order valence-electron chi connectivity index (χ0n) is 13.1. The Morgan fingerprint density at radius 3 is 3.00 bits per heavy atom. The number of hydrogen-bond donors (Lipinski definition) is 2. The van der Waals surface area contributed by atoms with Gasteiger partial charge in [0.15, 0.2) is 0 Å². The molecule has 0 radical (unpaired) electrons. The number of rotatable bonds is 5. The van der Waals surface area contributed by atoms with Crippen LogP contribution in [0.3, 0.4) is 0 Å². The molecule has 1 aliphatic heterocycles. The van der Waals surface area contributed by atoms with E-state index in [0.29, 0.717) is 13.1 Å². The highest BCUT2D eigenvalue weighted by Gasteiger charge is 2.30. The lowest BCUT2D eigenvalue weighted by atomic mass is 9.83. The maximum atomic E-state index is 12.1. The molecule has 4 nitrogen and oxygen atoms in total. The fraction of sp³-hybridized carbons (Fsp3) is 0.588. The molecule has 4 heteroatoms. The van der Waals surface area contributed by atoms with E-state index in [1.165, 1.54) is 5.56 Å². The lowest BCUT2D eigenvalue weighted by molar-refractivity contribution is -0.123. The molecule has 0 aromatic heterocycles. The number of aliphatic hydroxyl groups excluding tert-OH is 1. The lowest BCUT2D eigenvalue weighted by Gasteiger charge is -2.38. The van der Waals surface area contributed by atoms with Crippen LogP contribution in [0.5, 0.6) is 0 Å². The summed E-state index contributed by atoms with van der Waals surface area (Å²) in [6.45, 7) is 7.05. The number of aryl methyl sites for hydroxylation is 1. The molecule has 1 aromatic rings. The van der Waals surface area contributed by atoms with E-state index in [1.807, 2.05) is 12.1 Å². The van der Waals surface area contributed by atoms with Gasteiger partial charge in [0.25, 0.3) is 0 Å². The van der Waals surface area contributed by atoms with Gasteiger partial charge < -0.3 is 10.4 Å². The first-order chi connectivity index (χ1) is 10.0. The van der Waals surface area contributed by atoms with Crippen LogP contribution in [0.1, 0.15) is 30.9 Å². The van der Waals surface area contributed by atoms with Crippen molar-refractivity contribution in [1.29, 1.82) is 0 Å². The van der Waals surface area contributed by atoms with Crippen molar-refractivity contribution >= 4 is 5.91 Å². The third kappa shape index (κ3) is 4.83. The van der Waals surface area contributed by atoms with Crippen molar-refractivity contribution in [1.82, 2.24) is 10.2 Å². The van der Waals surface area contributed by atoms with Crippen molar-refractivity contribution in [2.24, 2.45) is 5.41 Å². The van der Waals surface area contributed by atoms with Crippen LogP contribution in [0.4, 0.5) is 0 Å². The number of amides is 1. The fourth-order valence-electron chi connectivity index (χ4n) is 2.97. The molecule has 0 saturated carbocycles. The maximum absolute atomic E-state index is 12.1. The topological polar surface area (TPSA) is 52.6 Å². The van der Waals surface area contributed by atoms with Gasteiger partial charge in [0.1, 0.15) is 0 Å². The summed E-state index contributed by atoms with van der Waals surface area (Å²) in [6, 6.07) is 8.17. The predicted octanol–water partition coefficient (Wildman–Crippen LogP) is 1.71. The molecule has 2 rings (SSSR count). The number of piperidine rings is 1. The molecule has 0 spiro atoms. The number of benzene rings is 1. The second kappa shape index (κ2) is 7.05. The van der Waals surface area contributed by atoms with E-state index in [0.717, 1.165) is 31.5 Å². The summed E-state index contributed by atoms with van der Waals surface area (Å²) in [6.07, 6.45) is 2.08. The fourth-order valence-corrected chi connectivity index (χ4v) is 2.97. The Kier molecular flexibility index (Phi) is 5.37. The molecule has 1 heterocycles. The zero-order valence-corrected chi connectivity index (χ0v) is 13.1. The summed E-state index contributed by atoms with van der Waals surface area (Å²) < 4.78 is 0. The molecule has 1 amide bonds. The van der Waals surface area contributed by atoms with E-state index in [4.69, 9.17) is 0 Å². The van der Waals surface area contributed by atoms with E-state index in [9.17, 15) is 9.90 Å². The van der Waals surface area contributed by atoms with Crippen LogP contribution in [0.15, 0.2) is 24.3 Å². The van der Waals surface area contributed by atoms with Crippen molar-refractivity contribution in [3.8, 4) is 0 Å². The predicted molar refractivity (Wildman–Crippen MR) is 83.9 cm³/mol. The van der Waals surface area contributed by atoms with E-state index in [2.05, 4.69) is 36.2 Å². The van der Waals surface area contributed by atoms with Gasteiger partial charge in [-0.25, -0.2) is 0 Å². The second-order valence-corrected chi connectivity index (χ2v) is 6.55.